The van der Waals surface area contributed by atoms with Crippen LogP contribution in [0.4, 0.5) is 5.69 Å². The Kier molecular flexibility index (Phi) is 8.35. The first kappa shape index (κ1) is 26.2. The molecule has 0 saturated heterocycles. The molecule has 194 valence electrons. The Morgan fingerprint density at radius 1 is 1.00 bits per heavy atom. The quantitative estimate of drug-likeness (QED) is 0.126. The van der Waals surface area contributed by atoms with Gasteiger partial charge in [-0.3, -0.25) is 19.6 Å². The van der Waals surface area contributed by atoms with E-state index in [-0.39, 0.29) is 11.7 Å². The summed E-state index contributed by atoms with van der Waals surface area (Å²) < 4.78 is 3.34. The number of fused-ring (bicyclic) bond motifs is 1. The van der Waals surface area contributed by atoms with Gasteiger partial charge in [0, 0.05) is 48.4 Å². The van der Waals surface area contributed by atoms with Crippen LogP contribution >= 0.6 is 11.9 Å². The number of carbonyl (C=O) groups excluding carboxylic acids is 2. The fourth-order valence-electron chi connectivity index (χ4n) is 4.61. The lowest BCUT2D eigenvalue weighted by Crippen LogP contribution is -2.34. The van der Waals surface area contributed by atoms with E-state index >= 15 is 0 Å². The van der Waals surface area contributed by atoms with E-state index in [0.717, 1.165) is 39.9 Å². The second-order valence-corrected chi connectivity index (χ2v) is 10.1. The molecule has 0 aliphatic carbocycles. The highest BCUT2D eigenvalue weighted by Crippen LogP contribution is 2.29. The van der Waals surface area contributed by atoms with Crippen LogP contribution in [0.3, 0.4) is 0 Å². The molecule has 7 heteroatoms. The average Bonchev–Trinajstić information content (AvgIpc) is 2.97. The first-order chi connectivity index (χ1) is 19.1. The third-order valence-electron chi connectivity index (χ3n) is 6.68. The Morgan fingerprint density at radius 3 is 2.72 bits per heavy atom. The normalized spacial score (nSPS) is 14.9. The molecule has 39 heavy (non-hydrogen) atoms. The van der Waals surface area contributed by atoms with E-state index in [1.54, 1.807) is 30.6 Å². The molecule has 1 aliphatic heterocycles. The van der Waals surface area contributed by atoms with Crippen molar-refractivity contribution in [1.82, 2.24) is 14.9 Å². The lowest BCUT2D eigenvalue weighted by atomic mass is 9.99. The van der Waals surface area contributed by atoms with Crippen LogP contribution in [0.2, 0.25) is 0 Å². The Bertz CT molecular complexity index is 1570. The number of hydrogen-bond donors (Lipinski definition) is 1. The smallest absolute Gasteiger partial charge is 0.253 e. The van der Waals surface area contributed by atoms with Crippen molar-refractivity contribution < 1.29 is 9.59 Å². The summed E-state index contributed by atoms with van der Waals surface area (Å²) in [4.78, 5) is 37.6. The number of nitrogens with one attached hydrogen (secondary N) is 1. The van der Waals surface area contributed by atoms with E-state index in [1.807, 2.05) is 53.4 Å². The van der Waals surface area contributed by atoms with Crippen LogP contribution in [-0.4, -0.2) is 39.6 Å². The van der Waals surface area contributed by atoms with E-state index in [1.165, 1.54) is 11.9 Å². The molecule has 0 unspecified atom stereocenters. The van der Waals surface area contributed by atoms with E-state index in [0.29, 0.717) is 42.8 Å². The number of ketones is 1. The molecule has 3 heterocycles. The third kappa shape index (κ3) is 6.36. The number of rotatable bonds is 7. The van der Waals surface area contributed by atoms with E-state index < -0.39 is 0 Å². The van der Waals surface area contributed by atoms with Crippen LogP contribution < -0.4 is 4.72 Å². The van der Waals surface area contributed by atoms with Crippen molar-refractivity contribution in [2.75, 3.05) is 17.8 Å². The van der Waals surface area contributed by atoms with E-state index in [4.69, 9.17) is 6.42 Å². The second kappa shape index (κ2) is 12.4. The molecule has 0 atom stereocenters. The maximum absolute atomic E-state index is 13.4. The summed E-state index contributed by atoms with van der Waals surface area (Å²) in [6.45, 7) is 1.21. The standard InChI is InChI=1S/C32H28N4O2S/c1-2-24-22-26(14-15-27(24)35-39-30-13-7-10-25-11-8-18-34-31(25)30)32(38)36-19-6-4-9-23(16-20-36)21-29(37)28-12-3-5-17-33-28/h1,3,5,7-15,17-18,22,35H,4,6,16,19-21H2/b23-9+. The van der Waals surface area contributed by atoms with Gasteiger partial charge in [-0.1, -0.05) is 41.8 Å². The number of pyridine rings is 2. The van der Waals surface area contributed by atoms with Crippen molar-refractivity contribution in [2.45, 2.75) is 30.6 Å². The van der Waals surface area contributed by atoms with Crippen LogP contribution in [0.5, 0.6) is 0 Å². The minimum absolute atomic E-state index is 0.000739. The summed E-state index contributed by atoms with van der Waals surface area (Å²) in [6, 6.07) is 20.8. The predicted molar refractivity (Wildman–Crippen MR) is 157 cm³/mol. The molecular formula is C32H28N4O2S. The minimum atomic E-state index is -0.0544. The number of para-hydroxylation sites is 1. The molecule has 0 bridgehead atoms. The number of carbonyl (C=O) groups is 2. The van der Waals surface area contributed by atoms with Crippen molar-refractivity contribution in [3.8, 4) is 12.3 Å². The highest BCUT2D eigenvalue weighted by Gasteiger charge is 2.20. The number of Topliss-reactive ketones (excluding diaryl/α,β-unsaturated/α-hetero) is 1. The predicted octanol–water partition coefficient (Wildman–Crippen LogP) is 6.56. The second-order valence-electron chi connectivity index (χ2n) is 9.30. The fraction of sp³-hybridized carbons (Fsp3) is 0.188. The van der Waals surface area contributed by atoms with Crippen molar-refractivity contribution in [3.05, 3.63) is 108 Å². The number of terminal acetylenes is 1. The van der Waals surface area contributed by atoms with Crippen LogP contribution in [0.25, 0.3) is 10.9 Å². The lowest BCUT2D eigenvalue weighted by Gasteiger charge is -2.25. The summed E-state index contributed by atoms with van der Waals surface area (Å²) in [7, 11) is 0. The summed E-state index contributed by atoms with van der Waals surface area (Å²) >= 11 is 1.44. The van der Waals surface area contributed by atoms with Crippen molar-refractivity contribution in [2.24, 2.45) is 0 Å². The maximum Gasteiger partial charge on any atom is 0.253 e. The molecule has 0 saturated carbocycles. The van der Waals surface area contributed by atoms with Gasteiger partial charge in [0.2, 0.25) is 0 Å². The van der Waals surface area contributed by atoms with Gasteiger partial charge in [-0.25, -0.2) is 0 Å². The van der Waals surface area contributed by atoms with E-state index in [9.17, 15) is 9.59 Å². The number of benzene rings is 2. The van der Waals surface area contributed by atoms with Gasteiger partial charge in [0.15, 0.2) is 5.78 Å². The van der Waals surface area contributed by atoms with E-state index in [2.05, 4.69) is 26.7 Å². The number of amides is 1. The molecule has 0 radical (unpaired) electrons. The molecule has 1 amide bonds. The molecular weight excluding hydrogens is 504 g/mol. The first-order valence-corrected chi connectivity index (χ1v) is 13.7. The molecule has 6 nitrogen and oxygen atoms in total. The lowest BCUT2D eigenvalue weighted by molar-refractivity contribution is 0.0753. The van der Waals surface area contributed by atoms with Crippen LogP contribution in [0, 0.1) is 12.3 Å². The van der Waals surface area contributed by atoms with Gasteiger partial charge in [0.25, 0.3) is 5.91 Å². The molecule has 4 aromatic rings. The Hall–Kier alpha value is -4.41. The average molecular weight is 533 g/mol. The topological polar surface area (TPSA) is 75.2 Å². The molecule has 2 aromatic carbocycles. The first-order valence-electron chi connectivity index (χ1n) is 12.9. The highest BCUT2D eigenvalue weighted by atomic mass is 32.2. The Morgan fingerprint density at radius 2 is 1.87 bits per heavy atom. The fourth-order valence-corrected chi connectivity index (χ4v) is 5.42. The Labute approximate surface area is 232 Å². The minimum Gasteiger partial charge on any atom is -0.338 e. The van der Waals surface area contributed by atoms with Crippen LogP contribution in [-0.2, 0) is 0 Å². The number of allylic oxidation sites excluding steroid dienone is 1. The zero-order valence-electron chi connectivity index (χ0n) is 21.5. The zero-order chi connectivity index (χ0) is 27.0. The van der Waals surface area contributed by atoms with Crippen molar-refractivity contribution >= 4 is 40.2 Å². The summed E-state index contributed by atoms with van der Waals surface area (Å²) in [5, 5.41) is 1.06. The zero-order valence-corrected chi connectivity index (χ0v) is 22.3. The van der Waals surface area contributed by atoms with Gasteiger partial charge < -0.3 is 9.62 Å². The molecule has 1 aliphatic rings. The van der Waals surface area contributed by atoms with Crippen LogP contribution in [0.15, 0.2) is 95.7 Å². The summed E-state index contributed by atoms with van der Waals surface area (Å²) in [6.07, 6.45) is 14.0. The van der Waals surface area contributed by atoms with Gasteiger partial charge >= 0.3 is 0 Å². The van der Waals surface area contributed by atoms with Crippen LogP contribution in [0.1, 0.15) is 52.1 Å². The van der Waals surface area contributed by atoms with Gasteiger partial charge in [-0.15, -0.1) is 6.42 Å². The van der Waals surface area contributed by atoms with Crippen molar-refractivity contribution in [1.29, 1.82) is 0 Å². The molecule has 1 N–H and O–H groups in total. The third-order valence-corrected chi connectivity index (χ3v) is 7.55. The highest BCUT2D eigenvalue weighted by molar-refractivity contribution is 8.00. The maximum atomic E-state index is 13.4. The number of nitrogens with zero attached hydrogens (tertiary/aromatic N) is 3. The summed E-state index contributed by atoms with van der Waals surface area (Å²) in [5.74, 6) is 2.66. The van der Waals surface area contributed by atoms with Gasteiger partial charge in [-0.05, 0) is 73.7 Å². The van der Waals surface area contributed by atoms with Gasteiger partial charge in [-0.2, -0.15) is 0 Å². The van der Waals surface area contributed by atoms with Gasteiger partial charge in [0.1, 0.15) is 5.69 Å². The number of aromatic nitrogens is 2. The molecule has 0 spiro atoms. The number of anilines is 1. The molecule has 5 rings (SSSR count). The monoisotopic (exact) mass is 532 g/mol. The van der Waals surface area contributed by atoms with Gasteiger partial charge in [0.05, 0.1) is 16.1 Å². The largest absolute Gasteiger partial charge is 0.338 e. The van der Waals surface area contributed by atoms with Crippen molar-refractivity contribution in [3.63, 3.8) is 0 Å². The SMILES string of the molecule is C#Cc1cc(C(=O)N2CCC/C=C(/CC(=O)c3ccccn3)CC2)ccc1NSc1cccc2cccnc12. The Balaban J connectivity index is 1.24. The number of hydrogen-bond acceptors (Lipinski definition) is 6. The molecule has 0 fully saturated rings. The summed E-state index contributed by atoms with van der Waals surface area (Å²) in [5.41, 5.74) is 4.37. The molecule has 2 aromatic heterocycles.